The molecule has 3 unspecified atom stereocenters. The molecule has 1 aliphatic carbocycles. The van der Waals surface area contributed by atoms with E-state index >= 15 is 0 Å². The van der Waals surface area contributed by atoms with E-state index in [1.54, 1.807) is 6.08 Å². The second-order valence-electron chi connectivity index (χ2n) is 5.99. The molecule has 98 valence electrons. The van der Waals surface area contributed by atoms with Gasteiger partial charge in [0.1, 0.15) is 6.04 Å². The third-order valence-electron chi connectivity index (χ3n) is 4.95. The summed E-state index contributed by atoms with van der Waals surface area (Å²) in [6.45, 7) is 9.12. The summed E-state index contributed by atoms with van der Waals surface area (Å²) in [5.41, 5.74) is 6.07. The molecule has 1 saturated carbocycles. The first-order valence-electron chi connectivity index (χ1n) is 6.27. The lowest BCUT2D eigenvalue weighted by atomic mass is 9.66. The number of carbonyl (C=O) groups excluding carboxylic acids is 1. The number of ether oxygens (including phenoxy) is 1. The van der Waals surface area contributed by atoms with Gasteiger partial charge in [-0.05, 0) is 29.6 Å². The molecular formula is C14H25NO2. The Morgan fingerprint density at radius 1 is 1.47 bits per heavy atom. The summed E-state index contributed by atoms with van der Waals surface area (Å²) in [7, 11) is 1.36. The van der Waals surface area contributed by atoms with E-state index in [-0.39, 0.29) is 16.8 Å². The molecule has 0 radical (unpaired) electrons. The van der Waals surface area contributed by atoms with Crippen LogP contribution in [0.1, 0.15) is 40.5 Å². The number of carbonyl (C=O) groups is 1. The van der Waals surface area contributed by atoms with Crippen molar-refractivity contribution in [3.8, 4) is 0 Å². The SMILES string of the molecule is COC(=O)C(N)C=CC1(C)CCC(C)C1(C)C. The Kier molecular flexibility index (Phi) is 4.03. The maximum atomic E-state index is 11.2. The van der Waals surface area contributed by atoms with Gasteiger partial charge in [0, 0.05) is 0 Å². The van der Waals surface area contributed by atoms with Crippen LogP contribution in [-0.4, -0.2) is 19.1 Å². The number of esters is 1. The number of hydrogen-bond donors (Lipinski definition) is 1. The molecule has 0 aromatic heterocycles. The highest BCUT2D eigenvalue weighted by Crippen LogP contribution is 2.56. The summed E-state index contributed by atoms with van der Waals surface area (Å²) in [4.78, 5) is 11.2. The molecule has 2 N–H and O–H groups in total. The van der Waals surface area contributed by atoms with E-state index in [9.17, 15) is 4.79 Å². The van der Waals surface area contributed by atoms with Crippen molar-refractivity contribution in [2.24, 2.45) is 22.5 Å². The molecule has 3 heteroatoms. The van der Waals surface area contributed by atoms with Crippen LogP contribution in [0.3, 0.4) is 0 Å². The van der Waals surface area contributed by atoms with Crippen LogP contribution in [0, 0.1) is 16.7 Å². The first kappa shape index (κ1) is 14.2. The van der Waals surface area contributed by atoms with Crippen LogP contribution in [0.15, 0.2) is 12.2 Å². The van der Waals surface area contributed by atoms with Gasteiger partial charge in [-0.1, -0.05) is 39.8 Å². The van der Waals surface area contributed by atoms with Crippen molar-refractivity contribution >= 4 is 5.97 Å². The number of nitrogens with two attached hydrogens (primary N) is 1. The van der Waals surface area contributed by atoms with Gasteiger partial charge in [-0.25, -0.2) is 0 Å². The van der Waals surface area contributed by atoms with E-state index in [0.29, 0.717) is 5.92 Å². The van der Waals surface area contributed by atoms with Crippen molar-refractivity contribution in [3.63, 3.8) is 0 Å². The fraction of sp³-hybridized carbons (Fsp3) is 0.786. The lowest BCUT2D eigenvalue weighted by Crippen LogP contribution is -2.34. The topological polar surface area (TPSA) is 52.3 Å². The van der Waals surface area contributed by atoms with Gasteiger partial charge < -0.3 is 10.5 Å². The molecular weight excluding hydrogens is 214 g/mol. The zero-order chi connectivity index (χ0) is 13.3. The van der Waals surface area contributed by atoms with Crippen LogP contribution < -0.4 is 5.73 Å². The molecule has 0 heterocycles. The van der Waals surface area contributed by atoms with Gasteiger partial charge in [0.05, 0.1) is 7.11 Å². The van der Waals surface area contributed by atoms with Crippen LogP contribution in [0.2, 0.25) is 0 Å². The quantitative estimate of drug-likeness (QED) is 0.608. The minimum atomic E-state index is -0.650. The Labute approximate surface area is 104 Å². The van der Waals surface area contributed by atoms with Gasteiger partial charge in [0.2, 0.25) is 0 Å². The van der Waals surface area contributed by atoms with E-state index in [4.69, 9.17) is 5.73 Å². The van der Waals surface area contributed by atoms with Crippen LogP contribution in [0.4, 0.5) is 0 Å². The average Bonchev–Trinajstić information content (AvgIpc) is 2.49. The van der Waals surface area contributed by atoms with Crippen molar-refractivity contribution in [2.45, 2.75) is 46.6 Å². The van der Waals surface area contributed by atoms with Crippen LogP contribution in [0.5, 0.6) is 0 Å². The Bertz CT molecular complexity index is 322. The molecule has 1 fully saturated rings. The summed E-state index contributed by atoms with van der Waals surface area (Å²) >= 11 is 0. The summed E-state index contributed by atoms with van der Waals surface area (Å²) in [6, 6.07) is -0.650. The maximum absolute atomic E-state index is 11.2. The van der Waals surface area contributed by atoms with E-state index in [1.807, 2.05) is 0 Å². The molecule has 0 spiro atoms. The lowest BCUT2D eigenvalue weighted by molar-refractivity contribution is -0.140. The van der Waals surface area contributed by atoms with Crippen molar-refractivity contribution < 1.29 is 9.53 Å². The summed E-state index contributed by atoms with van der Waals surface area (Å²) in [5, 5.41) is 0. The minimum Gasteiger partial charge on any atom is -0.468 e. The third-order valence-corrected chi connectivity index (χ3v) is 4.95. The Morgan fingerprint density at radius 3 is 2.47 bits per heavy atom. The number of rotatable bonds is 3. The normalized spacial score (nSPS) is 33.9. The van der Waals surface area contributed by atoms with Gasteiger partial charge in [0.15, 0.2) is 0 Å². The van der Waals surface area contributed by atoms with Crippen molar-refractivity contribution in [2.75, 3.05) is 7.11 Å². The Balaban J connectivity index is 2.80. The van der Waals surface area contributed by atoms with Gasteiger partial charge in [-0.15, -0.1) is 0 Å². The lowest BCUT2D eigenvalue weighted by Gasteiger charge is -2.39. The highest BCUT2D eigenvalue weighted by atomic mass is 16.5. The first-order valence-corrected chi connectivity index (χ1v) is 6.27. The number of hydrogen-bond acceptors (Lipinski definition) is 3. The van der Waals surface area contributed by atoms with E-state index < -0.39 is 6.04 Å². The van der Waals surface area contributed by atoms with Gasteiger partial charge in [0.25, 0.3) is 0 Å². The minimum absolute atomic E-state index is 0.109. The van der Waals surface area contributed by atoms with Gasteiger partial charge >= 0.3 is 5.97 Å². The summed E-state index contributed by atoms with van der Waals surface area (Å²) in [6.07, 6.45) is 6.26. The molecule has 1 rings (SSSR count). The largest absolute Gasteiger partial charge is 0.468 e. The molecule has 0 amide bonds. The van der Waals surface area contributed by atoms with Crippen molar-refractivity contribution in [3.05, 3.63) is 12.2 Å². The summed E-state index contributed by atoms with van der Waals surface area (Å²) in [5.74, 6) is 0.306. The standard InChI is InChI=1S/C14H25NO2/c1-10-6-8-14(4,13(10,2)3)9-7-11(15)12(16)17-5/h7,9-11H,6,8,15H2,1-5H3. The zero-order valence-electron chi connectivity index (χ0n) is 11.6. The van der Waals surface area contributed by atoms with Crippen LogP contribution in [-0.2, 0) is 9.53 Å². The van der Waals surface area contributed by atoms with E-state index in [0.717, 1.165) is 6.42 Å². The number of allylic oxidation sites excluding steroid dienone is 1. The molecule has 0 saturated heterocycles. The first-order chi connectivity index (χ1) is 7.74. The predicted octanol–water partition coefficient (Wildman–Crippen LogP) is 2.51. The van der Waals surface area contributed by atoms with Crippen LogP contribution in [0.25, 0.3) is 0 Å². The van der Waals surface area contributed by atoms with Crippen molar-refractivity contribution in [1.29, 1.82) is 0 Å². The molecule has 1 aliphatic rings. The predicted molar refractivity (Wildman–Crippen MR) is 69.4 cm³/mol. The Hall–Kier alpha value is -0.830. The second kappa shape index (κ2) is 4.81. The van der Waals surface area contributed by atoms with Crippen LogP contribution >= 0.6 is 0 Å². The molecule has 17 heavy (non-hydrogen) atoms. The molecule has 0 aliphatic heterocycles. The highest BCUT2D eigenvalue weighted by molar-refractivity contribution is 5.77. The molecule has 0 bridgehead atoms. The smallest absolute Gasteiger partial charge is 0.326 e. The third kappa shape index (κ3) is 2.54. The number of methoxy groups -OCH3 is 1. The summed E-state index contributed by atoms with van der Waals surface area (Å²) < 4.78 is 4.62. The van der Waals surface area contributed by atoms with E-state index in [2.05, 4.69) is 38.5 Å². The second-order valence-corrected chi connectivity index (χ2v) is 5.99. The zero-order valence-corrected chi connectivity index (χ0v) is 11.6. The van der Waals surface area contributed by atoms with Gasteiger partial charge in [-0.3, -0.25) is 4.79 Å². The Morgan fingerprint density at radius 2 is 2.06 bits per heavy atom. The fourth-order valence-electron chi connectivity index (χ4n) is 2.59. The van der Waals surface area contributed by atoms with Gasteiger partial charge in [-0.2, -0.15) is 0 Å². The molecule has 0 aromatic carbocycles. The average molecular weight is 239 g/mol. The fourth-order valence-corrected chi connectivity index (χ4v) is 2.59. The maximum Gasteiger partial charge on any atom is 0.326 e. The van der Waals surface area contributed by atoms with Crippen molar-refractivity contribution in [1.82, 2.24) is 0 Å². The highest BCUT2D eigenvalue weighted by Gasteiger charge is 2.47. The van der Waals surface area contributed by atoms with E-state index in [1.165, 1.54) is 13.5 Å². The molecule has 0 aromatic rings. The molecule has 3 atom stereocenters. The monoisotopic (exact) mass is 239 g/mol. The molecule has 3 nitrogen and oxygen atoms in total.